The highest BCUT2D eigenvalue weighted by Crippen LogP contribution is 2.37. The Morgan fingerprint density at radius 3 is 2.86 bits per heavy atom. The number of carbonyl (C=O) groups is 1. The number of aromatic nitrogens is 1. The summed E-state index contributed by atoms with van der Waals surface area (Å²) in [5.74, 6) is 1.05. The highest BCUT2D eigenvalue weighted by atomic mass is 16.2. The van der Waals surface area contributed by atoms with Gasteiger partial charge in [-0.1, -0.05) is 24.6 Å². The van der Waals surface area contributed by atoms with Crippen molar-refractivity contribution in [3.63, 3.8) is 0 Å². The fourth-order valence-electron chi connectivity index (χ4n) is 3.91. The number of hydrogen-bond acceptors (Lipinski definition) is 2. The van der Waals surface area contributed by atoms with Crippen LogP contribution < -0.4 is 0 Å². The van der Waals surface area contributed by atoms with Gasteiger partial charge in [0.05, 0.1) is 11.9 Å². The minimum Gasteiger partial charge on any atom is -0.339 e. The van der Waals surface area contributed by atoms with Crippen LogP contribution in [0.25, 0.3) is 10.9 Å². The van der Waals surface area contributed by atoms with E-state index in [0.29, 0.717) is 12.5 Å². The number of rotatable bonds is 3. The zero-order valence-corrected chi connectivity index (χ0v) is 12.9. The van der Waals surface area contributed by atoms with Gasteiger partial charge in [0.2, 0.25) is 5.91 Å². The van der Waals surface area contributed by atoms with Gasteiger partial charge in [-0.25, -0.2) is 0 Å². The molecule has 1 unspecified atom stereocenters. The van der Waals surface area contributed by atoms with Crippen LogP contribution >= 0.6 is 0 Å². The van der Waals surface area contributed by atoms with Crippen molar-refractivity contribution in [3.05, 3.63) is 42.1 Å². The van der Waals surface area contributed by atoms with Gasteiger partial charge in [-0.3, -0.25) is 9.78 Å². The molecular weight excluding hydrogens is 272 g/mol. The smallest absolute Gasteiger partial charge is 0.227 e. The Hall–Kier alpha value is -1.90. The fourth-order valence-corrected chi connectivity index (χ4v) is 3.91. The Morgan fingerprint density at radius 2 is 2.05 bits per heavy atom. The minimum absolute atomic E-state index is 0.284. The Balaban J connectivity index is 1.50. The third kappa shape index (κ3) is 2.49. The number of hydrogen-bond donors (Lipinski definition) is 0. The lowest BCUT2D eigenvalue weighted by Gasteiger charge is -2.37. The van der Waals surface area contributed by atoms with E-state index in [0.717, 1.165) is 28.9 Å². The summed E-state index contributed by atoms with van der Waals surface area (Å²) in [6, 6.07) is 10.7. The van der Waals surface area contributed by atoms with Crippen LogP contribution in [0.1, 0.15) is 37.7 Å². The van der Waals surface area contributed by atoms with E-state index in [1.807, 2.05) is 24.4 Å². The summed E-state index contributed by atoms with van der Waals surface area (Å²) in [7, 11) is 0. The van der Waals surface area contributed by atoms with Gasteiger partial charge in [0.25, 0.3) is 0 Å². The van der Waals surface area contributed by atoms with E-state index in [4.69, 9.17) is 0 Å². The second-order valence-electron chi connectivity index (χ2n) is 6.70. The Labute approximate surface area is 131 Å². The molecule has 114 valence electrons. The molecule has 3 nitrogen and oxygen atoms in total. The molecule has 0 N–H and O–H groups in total. The monoisotopic (exact) mass is 294 g/mol. The molecule has 1 aromatic carbocycles. The molecule has 22 heavy (non-hydrogen) atoms. The van der Waals surface area contributed by atoms with Gasteiger partial charge in [0.1, 0.15) is 0 Å². The number of amides is 1. The third-order valence-electron chi connectivity index (χ3n) is 5.32. The lowest BCUT2D eigenvalue weighted by Crippen LogP contribution is -2.43. The molecule has 1 aliphatic carbocycles. The van der Waals surface area contributed by atoms with Gasteiger partial charge < -0.3 is 4.90 Å². The predicted octanol–water partition coefficient (Wildman–Crippen LogP) is 3.57. The molecule has 1 aromatic heterocycles. The van der Waals surface area contributed by atoms with Crippen LogP contribution in [0.15, 0.2) is 36.5 Å². The number of carbonyl (C=O) groups excluding carboxylic acids is 1. The summed E-state index contributed by atoms with van der Waals surface area (Å²) in [4.78, 5) is 19.3. The summed E-state index contributed by atoms with van der Waals surface area (Å²) in [5.41, 5.74) is 2.02. The molecule has 1 saturated carbocycles. The molecule has 2 aromatic rings. The van der Waals surface area contributed by atoms with Crippen molar-refractivity contribution in [1.82, 2.24) is 9.88 Å². The Kier molecular flexibility index (Phi) is 3.57. The highest BCUT2D eigenvalue weighted by Gasteiger charge is 2.36. The quantitative estimate of drug-likeness (QED) is 0.867. The average Bonchev–Trinajstić information content (AvgIpc) is 2.94. The first kappa shape index (κ1) is 13.7. The molecule has 3 heteroatoms. The van der Waals surface area contributed by atoms with Crippen LogP contribution in [0.5, 0.6) is 0 Å². The Morgan fingerprint density at radius 1 is 1.18 bits per heavy atom. The Bertz CT molecular complexity index is 693. The molecule has 0 bridgehead atoms. The number of nitrogens with zero attached hydrogens (tertiary/aromatic N) is 2. The molecular formula is C19H22N2O. The molecule has 2 fully saturated rings. The SMILES string of the molecule is O=C(Cc1cnc2ccccc2c1)N1CCCC1C1CCC1. The molecule has 2 aliphatic rings. The second kappa shape index (κ2) is 5.71. The lowest BCUT2D eigenvalue weighted by molar-refractivity contribution is -0.132. The maximum absolute atomic E-state index is 12.7. The van der Waals surface area contributed by atoms with Crippen molar-refractivity contribution in [2.75, 3.05) is 6.54 Å². The normalized spacial score (nSPS) is 22.0. The fraction of sp³-hybridized carbons (Fsp3) is 0.474. The van der Waals surface area contributed by atoms with Crippen LogP contribution in [0.3, 0.4) is 0 Å². The predicted molar refractivity (Wildman–Crippen MR) is 87.5 cm³/mol. The average molecular weight is 294 g/mol. The number of para-hydroxylation sites is 1. The molecule has 0 spiro atoms. The van der Waals surface area contributed by atoms with E-state index in [1.54, 1.807) is 0 Å². The van der Waals surface area contributed by atoms with E-state index in [1.165, 1.54) is 32.1 Å². The van der Waals surface area contributed by atoms with Crippen molar-refractivity contribution in [1.29, 1.82) is 0 Å². The van der Waals surface area contributed by atoms with Crippen LogP contribution in [0.4, 0.5) is 0 Å². The van der Waals surface area contributed by atoms with E-state index in [9.17, 15) is 4.79 Å². The number of pyridine rings is 1. The number of fused-ring (bicyclic) bond motifs is 1. The standard InChI is InChI=1S/C19H22N2O/c22-19(21-10-4-9-18(21)15-6-3-7-15)12-14-11-16-5-1-2-8-17(16)20-13-14/h1-2,5,8,11,13,15,18H,3-4,6-7,9-10,12H2. The van der Waals surface area contributed by atoms with Gasteiger partial charge in [-0.15, -0.1) is 0 Å². The van der Waals surface area contributed by atoms with Crippen molar-refractivity contribution < 1.29 is 4.79 Å². The molecule has 2 heterocycles. The van der Waals surface area contributed by atoms with Gasteiger partial charge >= 0.3 is 0 Å². The van der Waals surface area contributed by atoms with E-state index in [-0.39, 0.29) is 5.91 Å². The maximum Gasteiger partial charge on any atom is 0.227 e. The highest BCUT2D eigenvalue weighted by molar-refractivity contribution is 5.83. The summed E-state index contributed by atoms with van der Waals surface area (Å²) in [6.45, 7) is 0.945. The second-order valence-corrected chi connectivity index (χ2v) is 6.70. The summed E-state index contributed by atoms with van der Waals surface area (Å²) in [5, 5.41) is 1.12. The summed E-state index contributed by atoms with van der Waals surface area (Å²) in [6.07, 6.45) is 8.68. The van der Waals surface area contributed by atoms with Crippen molar-refractivity contribution in [3.8, 4) is 0 Å². The van der Waals surface area contributed by atoms with E-state index >= 15 is 0 Å². The maximum atomic E-state index is 12.7. The molecule has 1 amide bonds. The zero-order valence-electron chi connectivity index (χ0n) is 12.9. The van der Waals surface area contributed by atoms with Gasteiger partial charge in [0.15, 0.2) is 0 Å². The molecule has 1 aliphatic heterocycles. The van der Waals surface area contributed by atoms with Crippen LogP contribution in [-0.4, -0.2) is 28.4 Å². The number of benzene rings is 1. The van der Waals surface area contributed by atoms with Crippen LogP contribution in [0, 0.1) is 5.92 Å². The largest absolute Gasteiger partial charge is 0.339 e. The van der Waals surface area contributed by atoms with Crippen molar-refractivity contribution in [2.45, 2.75) is 44.6 Å². The molecule has 1 saturated heterocycles. The molecule has 0 radical (unpaired) electrons. The van der Waals surface area contributed by atoms with Crippen LogP contribution in [-0.2, 0) is 11.2 Å². The van der Waals surface area contributed by atoms with Crippen molar-refractivity contribution >= 4 is 16.8 Å². The van der Waals surface area contributed by atoms with Crippen LogP contribution in [0.2, 0.25) is 0 Å². The summed E-state index contributed by atoms with van der Waals surface area (Å²) >= 11 is 0. The van der Waals surface area contributed by atoms with E-state index < -0.39 is 0 Å². The van der Waals surface area contributed by atoms with Gasteiger partial charge in [0, 0.05) is 24.2 Å². The van der Waals surface area contributed by atoms with Gasteiger partial charge in [-0.2, -0.15) is 0 Å². The zero-order chi connectivity index (χ0) is 14.9. The topological polar surface area (TPSA) is 33.2 Å². The van der Waals surface area contributed by atoms with E-state index in [2.05, 4.69) is 22.0 Å². The lowest BCUT2D eigenvalue weighted by atomic mass is 9.78. The first-order valence-corrected chi connectivity index (χ1v) is 8.44. The van der Waals surface area contributed by atoms with Gasteiger partial charge in [-0.05, 0) is 49.3 Å². The molecule has 1 atom stereocenters. The first-order chi connectivity index (χ1) is 10.8. The molecule has 4 rings (SSSR count). The minimum atomic E-state index is 0.284. The summed E-state index contributed by atoms with van der Waals surface area (Å²) < 4.78 is 0. The third-order valence-corrected chi connectivity index (χ3v) is 5.32. The first-order valence-electron chi connectivity index (χ1n) is 8.44. The van der Waals surface area contributed by atoms with Crippen molar-refractivity contribution in [2.24, 2.45) is 5.92 Å². The number of likely N-dealkylation sites (tertiary alicyclic amines) is 1.